The number of rotatable bonds is 6. The van der Waals surface area contributed by atoms with Crippen LogP contribution >= 0.6 is 23.1 Å². The second-order valence-corrected chi connectivity index (χ2v) is 7.91. The van der Waals surface area contributed by atoms with E-state index in [1.807, 2.05) is 35.7 Å². The first kappa shape index (κ1) is 18.9. The number of thiazole rings is 1. The number of H-pyrrole nitrogens is 1. The third-order valence-corrected chi connectivity index (χ3v) is 6.05. The van der Waals surface area contributed by atoms with Crippen molar-refractivity contribution in [2.45, 2.75) is 5.03 Å². The summed E-state index contributed by atoms with van der Waals surface area (Å²) < 4.78 is 0. The number of carbonyl (C=O) groups excluding carboxylic acids is 1. The van der Waals surface area contributed by atoms with Crippen LogP contribution in [0.2, 0.25) is 0 Å². The van der Waals surface area contributed by atoms with Crippen LogP contribution in [0.15, 0.2) is 65.1 Å². The lowest BCUT2D eigenvalue weighted by Crippen LogP contribution is -2.04. The molecule has 0 aliphatic heterocycles. The molecule has 142 valence electrons. The van der Waals surface area contributed by atoms with Crippen LogP contribution in [-0.2, 0) is 0 Å². The quantitative estimate of drug-likeness (QED) is 0.350. The number of hydrogen-bond acceptors (Lipinski definition) is 7. The van der Waals surface area contributed by atoms with Crippen LogP contribution in [0.4, 0.5) is 5.82 Å². The van der Waals surface area contributed by atoms with Crippen molar-refractivity contribution in [2.24, 2.45) is 0 Å². The van der Waals surface area contributed by atoms with Crippen LogP contribution in [-0.4, -0.2) is 26.5 Å². The van der Waals surface area contributed by atoms with Gasteiger partial charge in [-0.1, -0.05) is 42.1 Å². The Kier molecular flexibility index (Phi) is 5.42. The van der Waals surface area contributed by atoms with Gasteiger partial charge in [0.25, 0.3) is 0 Å². The maximum Gasteiger partial charge on any atom is 0.189 e. The average molecular weight is 418 g/mol. The molecule has 0 atom stereocenters. The maximum atomic E-state index is 12.2. The minimum atomic E-state index is -0.0687. The van der Waals surface area contributed by atoms with E-state index >= 15 is 0 Å². The summed E-state index contributed by atoms with van der Waals surface area (Å²) in [6.07, 6.45) is 1.70. The molecule has 4 aromatic rings. The Balaban J connectivity index is 1.59. The Bertz CT molecular complexity index is 1190. The molecule has 29 heavy (non-hydrogen) atoms. The highest BCUT2D eigenvalue weighted by molar-refractivity contribution is 8.00. The average Bonchev–Trinajstić information content (AvgIpc) is 3.45. The zero-order valence-corrected chi connectivity index (χ0v) is 16.8. The van der Waals surface area contributed by atoms with Crippen molar-refractivity contribution >= 4 is 34.7 Å². The maximum absolute atomic E-state index is 12.2. The van der Waals surface area contributed by atoms with Gasteiger partial charge in [-0.05, 0) is 18.2 Å². The smallest absolute Gasteiger partial charge is 0.189 e. The number of ketones is 1. The van der Waals surface area contributed by atoms with E-state index in [1.165, 1.54) is 23.1 Å². The van der Waals surface area contributed by atoms with Crippen molar-refractivity contribution in [3.63, 3.8) is 0 Å². The molecular weight excluding hydrogens is 402 g/mol. The first-order valence-corrected chi connectivity index (χ1v) is 10.5. The molecule has 0 fully saturated rings. The van der Waals surface area contributed by atoms with Crippen LogP contribution in [0.25, 0.3) is 21.8 Å². The highest BCUT2D eigenvalue weighted by Gasteiger charge is 2.17. The van der Waals surface area contributed by atoms with Gasteiger partial charge in [0, 0.05) is 17.1 Å². The minimum Gasteiger partial charge on any atom is -0.383 e. The lowest BCUT2D eigenvalue weighted by molar-refractivity contribution is 0.101. The van der Waals surface area contributed by atoms with E-state index in [9.17, 15) is 10.1 Å². The van der Waals surface area contributed by atoms with Crippen LogP contribution in [0.1, 0.15) is 16.1 Å². The topological polar surface area (TPSA) is 108 Å². The lowest BCUT2D eigenvalue weighted by Gasteiger charge is -2.07. The fourth-order valence-electron chi connectivity index (χ4n) is 2.73. The molecule has 0 amide bonds. The highest BCUT2D eigenvalue weighted by atomic mass is 32.2. The van der Waals surface area contributed by atoms with Crippen molar-refractivity contribution < 1.29 is 4.79 Å². The van der Waals surface area contributed by atoms with Crippen molar-refractivity contribution in [1.82, 2.24) is 15.0 Å². The molecular formula is C21H15N5OS2. The van der Waals surface area contributed by atoms with Gasteiger partial charge in [0.1, 0.15) is 21.9 Å². The molecule has 1 aromatic carbocycles. The number of nitrogen functional groups attached to an aromatic ring is 1. The number of thioether (sulfide) groups is 1. The Morgan fingerprint density at radius 2 is 2.03 bits per heavy atom. The second-order valence-electron chi connectivity index (χ2n) is 6.09. The van der Waals surface area contributed by atoms with Crippen LogP contribution in [0.3, 0.4) is 0 Å². The number of benzene rings is 1. The van der Waals surface area contributed by atoms with Crippen molar-refractivity contribution in [1.29, 1.82) is 5.26 Å². The zero-order chi connectivity index (χ0) is 20.2. The first-order chi connectivity index (χ1) is 14.2. The largest absolute Gasteiger partial charge is 0.383 e. The van der Waals surface area contributed by atoms with Crippen LogP contribution in [0.5, 0.6) is 0 Å². The number of aromatic amines is 1. The number of Topliss-reactive ketones (excluding diaryl/α,β-unsaturated/α-hetero) is 1. The molecule has 3 N–H and O–H groups in total. The molecule has 3 aromatic heterocycles. The lowest BCUT2D eigenvalue weighted by atomic mass is 10.2. The summed E-state index contributed by atoms with van der Waals surface area (Å²) in [5.41, 5.74) is 9.54. The first-order valence-electron chi connectivity index (χ1n) is 8.67. The number of hydrogen-bond donors (Lipinski definition) is 2. The predicted octanol–water partition coefficient (Wildman–Crippen LogP) is 4.63. The van der Waals surface area contributed by atoms with Gasteiger partial charge in [0.05, 0.1) is 28.3 Å². The standard InChI is InChI=1S/C21H15N5OS2/c22-10-14-9-15(21-25-17(11-28-21)13-5-2-1-3-6-13)19(23)26-20(14)29-12-18(27)16-7-4-8-24-16/h1-9,11,24H,12H2,(H2,23,26). The number of pyridine rings is 1. The molecule has 0 saturated carbocycles. The molecule has 0 aliphatic rings. The SMILES string of the molecule is N#Cc1cc(-c2nc(-c3ccccc3)cs2)c(N)nc1SCC(=O)c1ccc[nH]1. The third-order valence-electron chi connectivity index (χ3n) is 4.18. The normalized spacial score (nSPS) is 10.6. The zero-order valence-electron chi connectivity index (χ0n) is 15.1. The van der Waals surface area contributed by atoms with E-state index in [4.69, 9.17) is 5.73 Å². The fourth-order valence-corrected chi connectivity index (χ4v) is 4.43. The van der Waals surface area contributed by atoms with Gasteiger partial charge in [-0.15, -0.1) is 11.3 Å². The Morgan fingerprint density at radius 1 is 1.21 bits per heavy atom. The van der Waals surface area contributed by atoms with Gasteiger partial charge in [-0.25, -0.2) is 9.97 Å². The molecule has 0 aliphatic carbocycles. The van der Waals surface area contributed by atoms with Crippen molar-refractivity contribution in [3.8, 4) is 27.9 Å². The van der Waals surface area contributed by atoms with Crippen molar-refractivity contribution in [3.05, 3.63) is 71.4 Å². The van der Waals surface area contributed by atoms with Gasteiger partial charge < -0.3 is 10.7 Å². The van der Waals surface area contributed by atoms with E-state index < -0.39 is 0 Å². The summed E-state index contributed by atoms with van der Waals surface area (Å²) in [7, 11) is 0. The Morgan fingerprint density at radius 3 is 2.76 bits per heavy atom. The minimum absolute atomic E-state index is 0.0687. The highest BCUT2D eigenvalue weighted by Crippen LogP contribution is 2.34. The molecule has 0 unspecified atom stereocenters. The molecule has 4 rings (SSSR count). The Labute approximate surface area is 175 Å². The van der Waals surface area contributed by atoms with Crippen molar-refractivity contribution in [2.75, 3.05) is 11.5 Å². The van der Waals surface area contributed by atoms with Gasteiger partial charge in [0.15, 0.2) is 5.78 Å². The van der Waals surface area contributed by atoms with E-state index in [1.54, 1.807) is 24.4 Å². The Hall–Kier alpha value is -3.41. The fraction of sp³-hybridized carbons (Fsp3) is 0.0476. The number of nitrogens with zero attached hydrogens (tertiary/aromatic N) is 3. The van der Waals surface area contributed by atoms with Crippen LogP contribution in [0, 0.1) is 11.3 Å². The number of anilines is 1. The summed E-state index contributed by atoms with van der Waals surface area (Å²) in [5.74, 6) is 0.379. The van der Waals surface area contributed by atoms with E-state index in [2.05, 4.69) is 21.0 Å². The number of aromatic nitrogens is 3. The molecule has 0 saturated heterocycles. The van der Waals surface area contributed by atoms with Gasteiger partial charge in [0.2, 0.25) is 0 Å². The molecule has 0 bridgehead atoms. The number of carbonyl (C=O) groups is 1. The molecule has 6 nitrogen and oxygen atoms in total. The third kappa shape index (κ3) is 4.06. The van der Waals surface area contributed by atoms with E-state index in [0.29, 0.717) is 26.9 Å². The predicted molar refractivity (Wildman–Crippen MR) is 116 cm³/mol. The summed E-state index contributed by atoms with van der Waals surface area (Å²) in [6, 6.07) is 17.2. The summed E-state index contributed by atoms with van der Waals surface area (Å²) in [6.45, 7) is 0. The van der Waals surface area contributed by atoms with Crippen LogP contribution < -0.4 is 5.73 Å². The number of nitriles is 1. The van der Waals surface area contributed by atoms with E-state index in [-0.39, 0.29) is 17.4 Å². The van der Waals surface area contributed by atoms with E-state index in [0.717, 1.165) is 11.3 Å². The molecule has 0 radical (unpaired) electrons. The molecule has 8 heteroatoms. The second kappa shape index (κ2) is 8.31. The van der Waals surface area contributed by atoms with Gasteiger partial charge in [-0.3, -0.25) is 4.79 Å². The summed E-state index contributed by atoms with van der Waals surface area (Å²) >= 11 is 2.65. The summed E-state index contributed by atoms with van der Waals surface area (Å²) in [5, 5.41) is 12.6. The number of nitrogens with one attached hydrogen (secondary N) is 1. The number of nitrogens with two attached hydrogens (primary N) is 1. The van der Waals surface area contributed by atoms with Gasteiger partial charge >= 0.3 is 0 Å². The molecule has 0 spiro atoms. The molecule has 3 heterocycles. The van der Waals surface area contributed by atoms with Gasteiger partial charge in [-0.2, -0.15) is 5.26 Å². The summed E-state index contributed by atoms with van der Waals surface area (Å²) in [4.78, 5) is 24.1. The monoisotopic (exact) mass is 417 g/mol.